The van der Waals surface area contributed by atoms with E-state index >= 15 is 0 Å². The number of hydrogen-bond acceptors (Lipinski definition) is 5. The van der Waals surface area contributed by atoms with Crippen LogP contribution in [0.15, 0.2) is 91.0 Å². The van der Waals surface area contributed by atoms with Gasteiger partial charge >= 0.3 is 6.16 Å². The van der Waals surface area contributed by atoms with Crippen molar-refractivity contribution in [1.29, 1.82) is 0 Å². The van der Waals surface area contributed by atoms with Gasteiger partial charge in [0.05, 0.1) is 32.4 Å². The van der Waals surface area contributed by atoms with Crippen molar-refractivity contribution in [2.24, 2.45) is 0 Å². The monoisotopic (exact) mass is 405 g/mol. The fraction of sp³-hybridized carbons (Fsp3) is 0.240. The van der Waals surface area contributed by atoms with Gasteiger partial charge in [-0.25, -0.2) is 4.79 Å². The Bertz CT molecular complexity index is 887. The molecule has 30 heavy (non-hydrogen) atoms. The predicted octanol–water partition coefficient (Wildman–Crippen LogP) is 5.71. The van der Waals surface area contributed by atoms with Crippen molar-refractivity contribution in [3.63, 3.8) is 0 Å². The Morgan fingerprint density at radius 3 is 1.93 bits per heavy atom. The minimum absolute atomic E-state index is 0.212. The molecule has 0 amide bonds. The molecule has 0 radical (unpaired) electrons. The van der Waals surface area contributed by atoms with E-state index in [9.17, 15) is 4.79 Å². The van der Waals surface area contributed by atoms with Crippen molar-refractivity contribution in [2.75, 3.05) is 13.7 Å². The van der Waals surface area contributed by atoms with E-state index in [1.54, 1.807) is 5.06 Å². The molecule has 0 heterocycles. The zero-order valence-electron chi connectivity index (χ0n) is 17.3. The second kappa shape index (κ2) is 11.1. The zero-order valence-corrected chi connectivity index (χ0v) is 17.3. The van der Waals surface area contributed by atoms with Gasteiger partial charge in [0, 0.05) is 0 Å². The molecule has 0 bridgehead atoms. The lowest BCUT2D eigenvalue weighted by Crippen LogP contribution is -2.36. The van der Waals surface area contributed by atoms with Gasteiger partial charge in [-0.1, -0.05) is 91.0 Å². The molecule has 5 nitrogen and oxygen atoms in total. The summed E-state index contributed by atoms with van der Waals surface area (Å²) in [6, 6.07) is 29.2. The largest absolute Gasteiger partial charge is 0.527 e. The molecular weight excluding hydrogens is 378 g/mol. The molecule has 156 valence electrons. The number of rotatable bonds is 9. The molecule has 0 aliphatic rings. The average Bonchev–Trinajstić information content (AvgIpc) is 2.82. The number of carbonyl (C=O) groups is 1. The van der Waals surface area contributed by atoms with Crippen molar-refractivity contribution in [1.82, 2.24) is 5.06 Å². The molecular formula is C25H27NO4. The average molecular weight is 405 g/mol. The van der Waals surface area contributed by atoms with Gasteiger partial charge in [0.1, 0.15) is 0 Å². The van der Waals surface area contributed by atoms with E-state index in [0.29, 0.717) is 13.2 Å². The third kappa shape index (κ3) is 5.92. The van der Waals surface area contributed by atoms with E-state index in [0.717, 1.165) is 16.7 Å². The van der Waals surface area contributed by atoms with E-state index in [4.69, 9.17) is 14.3 Å². The molecule has 0 saturated heterocycles. The van der Waals surface area contributed by atoms with Crippen LogP contribution in [0.1, 0.15) is 35.7 Å². The quantitative estimate of drug-likeness (QED) is 0.337. The first-order valence-electron chi connectivity index (χ1n) is 9.95. The van der Waals surface area contributed by atoms with Crippen LogP contribution in [-0.4, -0.2) is 24.9 Å². The van der Waals surface area contributed by atoms with Crippen LogP contribution in [0.2, 0.25) is 0 Å². The van der Waals surface area contributed by atoms with Crippen LogP contribution in [0.4, 0.5) is 4.79 Å². The van der Waals surface area contributed by atoms with Crippen LogP contribution in [0.3, 0.4) is 0 Å². The Morgan fingerprint density at radius 1 is 0.833 bits per heavy atom. The summed E-state index contributed by atoms with van der Waals surface area (Å²) in [5, 5.41) is 1.65. The van der Waals surface area contributed by atoms with Crippen LogP contribution in [0.25, 0.3) is 0 Å². The van der Waals surface area contributed by atoms with Crippen molar-refractivity contribution >= 4 is 6.16 Å². The maximum atomic E-state index is 12.1. The van der Waals surface area contributed by atoms with Crippen molar-refractivity contribution in [2.45, 2.75) is 25.6 Å². The molecule has 0 N–H and O–H groups in total. The Balaban J connectivity index is 1.86. The predicted molar refractivity (Wildman–Crippen MR) is 115 cm³/mol. The number of nitrogens with zero attached hydrogens (tertiary/aromatic N) is 1. The molecule has 0 unspecified atom stereocenters. The Labute approximate surface area is 177 Å². The summed E-state index contributed by atoms with van der Waals surface area (Å²) in [6.45, 7) is 2.80. The Morgan fingerprint density at radius 2 is 1.37 bits per heavy atom. The van der Waals surface area contributed by atoms with Gasteiger partial charge in [-0.3, -0.25) is 0 Å². The van der Waals surface area contributed by atoms with E-state index in [1.165, 1.54) is 7.11 Å². The van der Waals surface area contributed by atoms with Crippen LogP contribution in [0.5, 0.6) is 0 Å². The number of hydrogen-bond donors (Lipinski definition) is 0. The summed E-state index contributed by atoms with van der Waals surface area (Å²) in [5.74, 6) is 0. The fourth-order valence-corrected chi connectivity index (χ4v) is 3.27. The summed E-state index contributed by atoms with van der Waals surface area (Å²) >= 11 is 0. The van der Waals surface area contributed by atoms with Gasteiger partial charge in [-0.15, -0.1) is 5.06 Å². The standard InChI is InChI=1S/C25H27NO4/c1-20(22-14-8-4-9-15-22)26(30-25(27)28-2)24(23-16-10-5-11-17-23)19-29-18-21-12-6-3-7-13-21/h3-17,20,24H,18-19H2,1-2H3/t20-,24+/m0/s1. The molecule has 0 spiro atoms. The topological polar surface area (TPSA) is 48.0 Å². The Kier molecular flexibility index (Phi) is 8.01. The lowest BCUT2D eigenvalue weighted by Gasteiger charge is -2.34. The van der Waals surface area contributed by atoms with Crippen molar-refractivity contribution in [3.05, 3.63) is 108 Å². The van der Waals surface area contributed by atoms with Crippen LogP contribution in [0, 0.1) is 0 Å². The highest BCUT2D eigenvalue weighted by molar-refractivity contribution is 5.59. The summed E-state index contributed by atoms with van der Waals surface area (Å²) in [4.78, 5) is 17.7. The maximum absolute atomic E-state index is 12.1. The molecule has 0 aliphatic carbocycles. The molecule has 3 aromatic carbocycles. The van der Waals surface area contributed by atoms with Gasteiger partial charge in [0.15, 0.2) is 0 Å². The van der Waals surface area contributed by atoms with Crippen molar-refractivity contribution in [3.8, 4) is 0 Å². The van der Waals surface area contributed by atoms with E-state index in [1.807, 2.05) is 97.9 Å². The molecule has 3 aromatic rings. The Hall–Kier alpha value is -3.15. The minimum Gasteiger partial charge on any atom is -0.436 e. The second-order valence-corrected chi connectivity index (χ2v) is 6.92. The highest BCUT2D eigenvalue weighted by Gasteiger charge is 2.30. The van der Waals surface area contributed by atoms with E-state index < -0.39 is 6.16 Å². The van der Waals surface area contributed by atoms with Crippen LogP contribution in [-0.2, 0) is 20.9 Å². The highest BCUT2D eigenvalue weighted by atomic mass is 16.8. The zero-order chi connectivity index (χ0) is 21.2. The van der Waals surface area contributed by atoms with Gasteiger partial charge in [-0.05, 0) is 23.6 Å². The first-order valence-corrected chi connectivity index (χ1v) is 9.95. The fourth-order valence-electron chi connectivity index (χ4n) is 3.27. The van der Waals surface area contributed by atoms with Crippen LogP contribution < -0.4 is 0 Å². The first-order chi connectivity index (χ1) is 14.7. The normalized spacial score (nSPS) is 12.9. The minimum atomic E-state index is -0.762. The van der Waals surface area contributed by atoms with E-state index in [-0.39, 0.29) is 12.1 Å². The number of hydroxylamine groups is 2. The molecule has 0 saturated carbocycles. The second-order valence-electron chi connectivity index (χ2n) is 6.92. The molecule has 0 aliphatic heterocycles. The van der Waals surface area contributed by atoms with Crippen LogP contribution >= 0.6 is 0 Å². The lowest BCUT2D eigenvalue weighted by molar-refractivity contribution is -0.190. The van der Waals surface area contributed by atoms with Crippen molar-refractivity contribution < 1.29 is 19.1 Å². The SMILES string of the molecule is COC(=O)ON([C@H](COCc1ccccc1)c1ccccc1)[C@@H](C)c1ccccc1. The smallest absolute Gasteiger partial charge is 0.436 e. The number of ether oxygens (including phenoxy) is 2. The number of benzene rings is 3. The lowest BCUT2D eigenvalue weighted by atomic mass is 10.0. The van der Waals surface area contributed by atoms with Gasteiger partial charge < -0.3 is 14.3 Å². The summed E-state index contributed by atoms with van der Waals surface area (Å²) in [5.41, 5.74) is 3.09. The summed E-state index contributed by atoms with van der Waals surface area (Å²) in [7, 11) is 1.30. The molecule has 3 rings (SSSR count). The molecule has 2 atom stereocenters. The molecule has 5 heteroatoms. The first kappa shape index (κ1) is 21.6. The molecule has 0 fully saturated rings. The van der Waals surface area contributed by atoms with Gasteiger partial charge in [0.2, 0.25) is 0 Å². The van der Waals surface area contributed by atoms with E-state index in [2.05, 4.69) is 0 Å². The third-order valence-electron chi connectivity index (χ3n) is 4.89. The highest BCUT2D eigenvalue weighted by Crippen LogP contribution is 2.31. The molecule has 0 aromatic heterocycles. The van der Waals surface area contributed by atoms with Gasteiger partial charge in [-0.2, -0.15) is 0 Å². The van der Waals surface area contributed by atoms with Gasteiger partial charge in [0.25, 0.3) is 0 Å². The number of carbonyl (C=O) groups excluding carboxylic acids is 1. The summed E-state index contributed by atoms with van der Waals surface area (Å²) < 4.78 is 10.8. The maximum Gasteiger partial charge on any atom is 0.527 e. The third-order valence-corrected chi connectivity index (χ3v) is 4.89. The number of methoxy groups -OCH3 is 1. The summed E-state index contributed by atoms with van der Waals surface area (Å²) in [6.07, 6.45) is -0.762.